The number of nitrogens with two attached hydrogens (primary N) is 1. The van der Waals surface area contributed by atoms with Gasteiger partial charge in [0.1, 0.15) is 30.7 Å². The van der Waals surface area contributed by atoms with Crippen LogP contribution >= 0.6 is 79.6 Å². The van der Waals surface area contributed by atoms with Crippen molar-refractivity contribution in [3.05, 3.63) is 30.8 Å². The monoisotopic (exact) mass is 728 g/mol. The van der Waals surface area contributed by atoms with Crippen LogP contribution in [0.1, 0.15) is 13.8 Å². The highest BCUT2D eigenvalue weighted by Gasteiger charge is 2.06. The molecule has 0 aliphatic carbocycles. The molecular formula is C15H17Br5N6O3. The minimum Gasteiger partial charge on any atom is -0.465 e. The summed E-state index contributed by atoms with van der Waals surface area (Å²) in [5.41, 5.74) is 5.35. The Morgan fingerprint density at radius 1 is 1.07 bits per heavy atom. The van der Waals surface area contributed by atoms with Crippen LogP contribution in [0.2, 0.25) is 0 Å². The smallest absolute Gasteiger partial charge is 0.325 e. The van der Waals surface area contributed by atoms with Gasteiger partial charge in [0, 0.05) is 0 Å². The molecule has 14 heteroatoms. The van der Waals surface area contributed by atoms with Gasteiger partial charge in [0.25, 0.3) is 0 Å². The maximum absolute atomic E-state index is 11.0. The highest BCUT2D eigenvalue weighted by Crippen LogP contribution is 2.19. The van der Waals surface area contributed by atoms with Crippen LogP contribution < -0.4 is 11.1 Å². The zero-order valence-corrected chi connectivity index (χ0v) is 23.2. The summed E-state index contributed by atoms with van der Waals surface area (Å²) in [7, 11) is 0. The van der Waals surface area contributed by atoms with Crippen LogP contribution in [0.5, 0.6) is 0 Å². The molecular weight excluding hydrogens is 716 g/mol. The summed E-state index contributed by atoms with van der Waals surface area (Å²) in [6, 6.07) is 0. The van der Waals surface area contributed by atoms with E-state index in [9.17, 15) is 9.59 Å². The van der Waals surface area contributed by atoms with E-state index in [1.54, 1.807) is 13.1 Å². The normalized spacial score (nSPS) is 9.34. The van der Waals surface area contributed by atoms with Gasteiger partial charge in [-0.25, -0.2) is 19.9 Å². The molecule has 0 aromatic carbocycles. The number of Topliss-reactive ketones (excluding diaryl/α,β-unsaturated/α-hetero) is 1. The molecule has 0 amide bonds. The second-order valence-electron chi connectivity index (χ2n) is 4.70. The SMILES string of the molecule is CCO[13C](=O)[13CH2]Nc1ncc(Br)nc1Br.C[13C](=O)[13CH2]Br.Nc1ncc(Br)nc1Br. The topological polar surface area (TPSA) is 133 Å². The molecule has 9 nitrogen and oxygen atoms in total. The molecule has 0 aliphatic heterocycles. The second-order valence-corrected chi connectivity index (χ2v) is 8.38. The first kappa shape index (κ1) is 28.3. The summed E-state index contributed by atoms with van der Waals surface area (Å²) < 4.78 is 7.15. The van der Waals surface area contributed by atoms with Gasteiger partial charge < -0.3 is 15.8 Å². The molecule has 0 saturated heterocycles. The Balaban J connectivity index is 0.000000473. The van der Waals surface area contributed by atoms with Gasteiger partial charge in [-0.05, 0) is 77.6 Å². The van der Waals surface area contributed by atoms with Crippen molar-refractivity contribution in [1.82, 2.24) is 19.9 Å². The fourth-order valence-corrected chi connectivity index (χ4v) is 2.95. The molecule has 2 aromatic rings. The van der Waals surface area contributed by atoms with E-state index in [0.717, 1.165) is 0 Å². The van der Waals surface area contributed by atoms with E-state index in [2.05, 4.69) is 105 Å². The third kappa shape index (κ3) is 14.0. The first-order chi connectivity index (χ1) is 13.6. The first-order valence-electron chi connectivity index (χ1n) is 7.67. The number of hydrogen-bond acceptors (Lipinski definition) is 9. The van der Waals surface area contributed by atoms with Crippen molar-refractivity contribution < 1.29 is 14.3 Å². The van der Waals surface area contributed by atoms with E-state index in [0.29, 0.717) is 42.0 Å². The van der Waals surface area contributed by atoms with Crippen molar-refractivity contribution in [2.45, 2.75) is 13.8 Å². The predicted octanol–water partition coefficient (Wildman–Crippen LogP) is 4.53. The zero-order valence-electron chi connectivity index (χ0n) is 15.3. The fraction of sp³-hybridized carbons (Fsp3) is 0.333. The van der Waals surface area contributed by atoms with E-state index < -0.39 is 0 Å². The van der Waals surface area contributed by atoms with Crippen LogP contribution in [-0.4, -0.2) is 50.2 Å². The largest absolute Gasteiger partial charge is 0.465 e. The maximum atomic E-state index is 11.0. The minimum atomic E-state index is -0.325. The molecule has 0 atom stereocenters. The highest BCUT2D eigenvalue weighted by atomic mass is 79.9. The van der Waals surface area contributed by atoms with Crippen molar-refractivity contribution in [2.24, 2.45) is 0 Å². The average molecular weight is 733 g/mol. The number of ketones is 1. The van der Waals surface area contributed by atoms with Gasteiger partial charge in [-0.1, -0.05) is 15.9 Å². The Morgan fingerprint density at radius 2 is 1.59 bits per heavy atom. The molecule has 2 rings (SSSR count). The van der Waals surface area contributed by atoms with E-state index in [4.69, 9.17) is 10.5 Å². The molecule has 0 unspecified atom stereocenters. The molecule has 160 valence electrons. The van der Waals surface area contributed by atoms with Gasteiger partial charge in [-0.3, -0.25) is 9.59 Å². The lowest BCUT2D eigenvalue weighted by Gasteiger charge is -2.06. The maximum Gasteiger partial charge on any atom is 0.325 e. The van der Waals surface area contributed by atoms with Gasteiger partial charge in [0.15, 0.2) is 11.6 Å². The fourth-order valence-electron chi connectivity index (χ4n) is 1.19. The molecule has 2 aromatic heterocycles. The molecule has 0 radical (unpaired) electrons. The minimum absolute atomic E-state index is 0.0722. The van der Waals surface area contributed by atoms with Crippen molar-refractivity contribution in [2.75, 3.05) is 29.5 Å². The van der Waals surface area contributed by atoms with Gasteiger partial charge in [0.05, 0.1) is 24.3 Å². The first-order valence-corrected chi connectivity index (χ1v) is 12.0. The second kappa shape index (κ2) is 16.1. The third-order valence-electron chi connectivity index (χ3n) is 2.32. The van der Waals surface area contributed by atoms with Gasteiger partial charge in [-0.15, -0.1) is 0 Å². The molecule has 0 fully saturated rings. The van der Waals surface area contributed by atoms with Crippen LogP contribution in [0.15, 0.2) is 30.8 Å². The molecule has 29 heavy (non-hydrogen) atoms. The molecule has 2 heterocycles. The summed E-state index contributed by atoms with van der Waals surface area (Å²) in [6.07, 6.45) is 3.08. The number of nitrogens with one attached hydrogen (secondary N) is 1. The Kier molecular flexibility index (Phi) is 15.7. The molecule has 0 saturated carbocycles. The van der Waals surface area contributed by atoms with E-state index in [-0.39, 0.29) is 18.3 Å². The Hall–Kier alpha value is -0.700. The van der Waals surface area contributed by atoms with Crippen LogP contribution in [0.3, 0.4) is 0 Å². The molecule has 0 spiro atoms. The lowest BCUT2D eigenvalue weighted by molar-refractivity contribution is -0.140. The highest BCUT2D eigenvalue weighted by molar-refractivity contribution is 9.11. The number of aromatic nitrogens is 4. The van der Waals surface area contributed by atoms with Gasteiger partial charge >= 0.3 is 5.97 Å². The molecule has 3 N–H and O–H groups in total. The summed E-state index contributed by atoms with van der Waals surface area (Å²) in [4.78, 5) is 36.6. The lowest BCUT2D eigenvalue weighted by Crippen LogP contribution is -2.17. The Labute approximate surface area is 210 Å². The number of rotatable bonds is 5. The zero-order chi connectivity index (χ0) is 22.4. The van der Waals surface area contributed by atoms with Gasteiger partial charge in [-0.2, -0.15) is 0 Å². The number of hydrogen-bond donors (Lipinski definition) is 2. The number of carbonyl (C=O) groups is 2. The van der Waals surface area contributed by atoms with Crippen molar-refractivity contribution >= 4 is 103 Å². The number of alkyl halides is 1. The number of nitrogens with zero attached hydrogens (tertiary/aromatic N) is 4. The summed E-state index contributed by atoms with van der Waals surface area (Å²) in [6.45, 7) is 3.73. The quantitative estimate of drug-likeness (QED) is 0.259. The third-order valence-corrected chi connectivity index (χ3v) is 5.01. The number of anilines is 2. The number of halogens is 5. The summed E-state index contributed by atoms with van der Waals surface area (Å²) in [5.74, 6) is 0.753. The van der Waals surface area contributed by atoms with Crippen LogP contribution in [0, 0.1) is 0 Å². The van der Waals surface area contributed by atoms with Crippen molar-refractivity contribution in [3.63, 3.8) is 0 Å². The van der Waals surface area contributed by atoms with Crippen molar-refractivity contribution in [3.8, 4) is 0 Å². The van der Waals surface area contributed by atoms with Crippen LogP contribution in [0.25, 0.3) is 0 Å². The molecule has 0 aliphatic rings. The van der Waals surface area contributed by atoms with E-state index >= 15 is 0 Å². The average Bonchev–Trinajstić information content (AvgIpc) is 2.65. The summed E-state index contributed by atoms with van der Waals surface area (Å²) >= 11 is 15.6. The van der Waals surface area contributed by atoms with E-state index in [1.807, 2.05) is 0 Å². The number of carbonyl (C=O) groups excluding carboxylic acids is 2. The number of esters is 1. The van der Waals surface area contributed by atoms with Gasteiger partial charge in [0.2, 0.25) is 0 Å². The molecule has 0 bridgehead atoms. The van der Waals surface area contributed by atoms with Crippen LogP contribution in [0.4, 0.5) is 11.6 Å². The summed E-state index contributed by atoms with van der Waals surface area (Å²) in [5, 5.41) is 3.29. The van der Waals surface area contributed by atoms with E-state index in [1.165, 1.54) is 13.1 Å². The Bertz CT molecular complexity index is 812. The van der Waals surface area contributed by atoms with Crippen molar-refractivity contribution in [1.29, 1.82) is 0 Å². The lowest BCUT2D eigenvalue weighted by atomic mass is 10.7. The van der Waals surface area contributed by atoms with Crippen LogP contribution in [-0.2, 0) is 14.3 Å². The number of nitrogen functional groups attached to an aromatic ring is 1. The Morgan fingerprint density at radius 3 is 2.00 bits per heavy atom. The predicted molar refractivity (Wildman–Crippen MR) is 129 cm³/mol. The standard InChI is InChI=1S/C8H9Br2N3O2.C4H3Br2N3.C3H5BrO/c1-2-15-6(14)4-12-8-7(10)13-5(9)3-11-8;5-2-1-8-4(7)3(6)9-2;1-3(5)2-4/h3H,2,4H2,1H3,(H,11,12);1H,(H2,7,8);2H2,1H3/i4+1,6+1;;2+1,3+1. The number of ether oxygens (including phenoxy) is 1.